The molecule has 1 aliphatic heterocycles. The molecule has 0 aliphatic carbocycles. The minimum atomic E-state index is -1.47. The Morgan fingerprint density at radius 3 is 1.42 bits per heavy atom. The molecule has 4 amide bonds. The molecule has 14 heteroatoms. The molecule has 0 aromatic rings. The van der Waals surface area contributed by atoms with Crippen LogP contribution in [-0.2, 0) is 38.2 Å². The fourth-order valence-corrected chi connectivity index (χ4v) is 5.37. The Balaban J connectivity index is 3.51. The van der Waals surface area contributed by atoms with Gasteiger partial charge in [0.25, 0.3) is 0 Å². The second kappa shape index (κ2) is 23.2. The number of aliphatic hydroxyl groups is 2. The second-order valence-corrected chi connectivity index (χ2v) is 13.5. The van der Waals surface area contributed by atoms with Gasteiger partial charge in [0.2, 0.25) is 23.6 Å². The van der Waals surface area contributed by atoms with Crippen molar-refractivity contribution in [1.29, 1.82) is 0 Å². The number of amides is 4. The van der Waals surface area contributed by atoms with E-state index in [1.54, 1.807) is 0 Å². The summed E-state index contributed by atoms with van der Waals surface area (Å²) in [5.74, 6) is -4.53. The van der Waals surface area contributed by atoms with Crippen LogP contribution in [0.15, 0.2) is 0 Å². The summed E-state index contributed by atoms with van der Waals surface area (Å²) in [6, 6.07) is -5.07. The number of rotatable bonds is 14. The highest BCUT2D eigenvalue weighted by Crippen LogP contribution is 2.17. The lowest BCUT2D eigenvalue weighted by Gasteiger charge is -2.27. The lowest BCUT2D eigenvalue weighted by molar-refractivity contribution is -0.156. The van der Waals surface area contributed by atoms with Gasteiger partial charge in [0.1, 0.15) is 30.3 Å². The number of carbonyl (C=O) groups is 6. The number of unbranched alkanes of at least 4 members (excludes halogenated alkanes) is 4. The molecule has 2 unspecified atom stereocenters. The summed E-state index contributed by atoms with van der Waals surface area (Å²) in [5.41, 5.74) is 0. The largest absolute Gasteiger partial charge is 0.460 e. The van der Waals surface area contributed by atoms with Crippen LogP contribution in [0.4, 0.5) is 0 Å². The number of carbonyl (C=O) groups excluding carboxylic acids is 6. The number of hydrogen-bond acceptors (Lipinski definition) is 10. The quantitative estimate of drug-likeness (QED) is 0.115. The molecule has 6 atom stereocenters. The van der Waals surface area contributed by atoms with Gasteiger partial charge in [0.15, 0.2) is 6.04 Å². The van der Waals surface area contributed by atoms with E-state index in [0.717, 1.165) is 25.7 Å². The molecule has 1 aliphatic rings. The van der Waals surface area contributed by atoms with Crippen LogP contribution in [0, 0.1) is 11.8 Å². The lowest BCUT2D eigenvalue weighted by atomic mass is 10.0. The fraction of sp³-hybridized carbons (Fsp3) is 0.824. The van der Waals surface area contributed by atoms with Gasteiger partial charge in [-0.3, -0.25) is 19.2 Å². The van der Waals surface area contributed by atoms with E-state index in [0.29, 0.717) is 25.7 Å². The summed E-state index contributed by atoms with van der Waals surface area (Å²) in [6.45, 7) is 9.87. The summed E-state index contributed by atoms with van der Waals surface area (Å²) in [6.07, 6.45) is 3.30. The smallest absolute Gasteiger partial charge is 0.331 e. The van der Waals surface area contributed by atoms with Crippen molar-refractivity contribution in [2.75, 3.05) is 13.2 Å². The van der Waals surface area contributed by atoms with Crippen molar-refractivity contribution in [1.82, 2.24) is 21.3 Å². The van der Waals surface area contributed by atoms with E-state index in [1.807, 2.05) is 41.5 Å². The molecule has 48 heavy (non-hydrogen) atoms. The maximum absolute atomic E-state index is 13.5. The van der Waals surface area contributed by atoms with Gasteiger partial charge in [-0.2, -0.15) is 0 Å². The molecule has 0 saturated carbocycles. The third-order valence-electron chi connectivity index (χ3n) is 7.94. The van der Waals surface area contributed by atoms with Gasteiger partial charge in [-0.1, -0.05) is 67.2 Å². The van der Waals surface area contributed by atoms with Crippen molar-refractivity contribution >= 4 is 35.6 Å². The number of ether oxygens (including phenoxy) is 2. The van der Waals surface area contributed by atoms with Crippen molar-refractivity contribution in [2.24, 2.45) is 11.8 Å². The Morgan fingerprint density at radius 1 is 0.583 bits per heavy atom. The fourth-order valence-electron chi connectivity index (χ4n) is 5.37. The van der Waals surface area contributed by atoms with Gasteiger partial charge >= 0.3 is 11.9 Å². The van der Waals surface area contributed by atoms with Crippen LogP contribution in [-0.4, -0.2) is 95.4 Å². The summed E-state index contributed by atoms with van der Waals surface area (Å²) in [5, 5.41) is 30.2. The number of aliphatic hydroxyl groups excluding tert-OH is 2. The van der Waals surface area contributed by atoms with Gasteiger partial charge in [-0.05, 0) is 50.4 Å². The monoisotopic (exact) mass is 684 g/mol. The molecule has 0 aromatic heterocycles. The van der Waals surface area contributed by atoms with E-state index >= 15 is 0 Å². The summed E-state index contributed by atoms with van der Waals surface area (Å²) < 4.78 is 11.4. The van der Waals surface area contributed by atoms with Crippen LogP contribution >= 0.6 is 0 Å². The van der Waals surface area contributed by atoms with Crippen LogP contribution in [0.1, 0.15) is 119 Å². The highest BCUT2D eigenvalue weighted by Gasteiger charge is 2.33. The molecule has 276 valence electrons. The SMILES string of the molecule is CCCCCC1CC(=O)N[C@@H](CO)C(=O)N[C@@H](CC(C)C)C(=O)OC(CCCCC)CC(=O)N[C@@H](CC(C)C)C(=O)N[C@@H](CO)C(=O)O1. The minimum absolute atomic E-state index is 0.0334. The molecule has 1 saturated heterocycles. The maximum atomic E-state index is 13.5. The highest BCUT2D eigenvalue weighted by atomic mass is 16.6. The van der Waals surface area contributed by atoms with Crippen molar-refractivity contribution < 1.29 is 48.5 Å². The summed E-state index contributed by atoms with van der Waals surface area (Å²) >= 11 is 0. The zero-order valence-corrected chi connectivity index (χ0v) is 29.7. The van der Waals surface area contributed by atoms with Gasteiger partial charge in [0, 0.05) is 0 Å². The van der Waals surface area contributed by atoms with E-state index in [2.05, 4.69) is 21.3 Å². The average molecular weight is 685 g/mol. The van der Waals surface area contributed by atoms with E-state index < -0.39 is 85.2 Å². The van der Waals surface area contributed by atoms with Crippen LogP contribution in [0.25, 0.3) is 0 Å². The molecule has 0 bridgehead atoms. The molecule has 0 aromatic carbocycles. The average Bonchev–Trinajstić information content (AvgIpc) is 3.00. The molecule has 1 rings (SSSR count). The Hall–Kier alpha value is -3.26. The first-order valence-electron chi connectivity index (χ1n) is 17.6. The van der Waals surface area contributed by atoms with E-state index in [4.69, 9.17) is 9.47 Å². The van der Waals surface area contributed by atoms with Gasteiger partial charge in [-0.15, -0.1) is 0 Å². The third-order valence-corrected chi connectivity index (χ3v) is 7.94. The molecule has 0 radical (unpaired) electrons. The Labute approximate surface area is 285 Å². The number of nitrogens with one attached hydrogen (secondary N) is 4. The summed E-state index contributed by atoms with van der Waals surface area (Å²) in [7, 11) is 0. The molecular formula is C34H60N4O10. The second-order valence-electron chi connectivity index (χ2n) is 13.5. The predicted octanol–water partition coefficient (Wildman–Crippen LogP) is 1.78. The van der Waals surface area contributed by atoms with Crippen LogP contribution in [0.2, 0.25) is 0 Å². The van der Waals surface area contributed by atoms with Crippen molar-refractivity contribution in [3.05, 3.63) is 0 Å². The predicted molar refractivity (Wildman–Crippen MR) is 178 cm³/mol. The minimum Gasteiger partial charge on any atom is -0.460 e. The van der Waals surface area contributed by atoms with Crippen molar-refractivity contribution in [3.63, 3.8) is 0 Å². The Bertz CT molecular complexity index is 1040. The maximum Gasteiger partial charge on any atom is 0.331 e. The Morgan fingerprint density at radius 2 is 0.979 bits per heavy atom. The first-order chi connectivity index (χ1) is 22.7. The Kier molecular flexibility index (Phi) is 20.6. The van der Waals surface area contributed by atoms with Crippen LogP contribution < -0.4 is 21.3 Å². The van der Waals surface area contributed by atoms with E-state index in [9.17, 15) is 39.0 Å². The van der Waals surface area contributed by atoms with E-state index in [-0.39, 0.29) is 37.5 Å². The first-order valence-corrected chi connectivity index (χ1v) is 17.6. The first kappa shape index (κ1) is 42.8. The number of hydrogen-bond donors (Lipinski definition) is 6. The van der Waals surface area contributed by atoms with E-state index in [1.165, 1.54) is 0 Å². The normalized spacial score (nSPS) is 25.9. The summed E-state index contributed by atoms with van der Waals surface area (Å²) in [4.78, 5) is 79.5. The molecule has 1 heterocycles. The van der Waals surface area contributed by atoms with Crippen LogP contribution in [0.3, 0.4) is 0 Å². The molecule has 1 fully saturated rings. The number of esters is 2. The highest BCUT2D eigenvalue weighted by molar-refractivity contribution is 5.92. The number of cyclic esters (lactones) is 2. The van der Waals surface area contributed by atoms with Crippen molar-refractivity contribution in [3.8, 4) is 0 Å². The third kappa shape index (κ3) is 16.7. The molecule has 0 spiro atoms. The zero-order chi connectivity index (χ0) is 36.2. The molecule has 6 N–H and O–H groups in total. The topological polar surface area (TPSA) is 209 Å². The zero-order valence-electron chi connectivity index (χ0n) is 29.7. The lowest BCUT2D eigenvalue weighted by Crippen LogP contribution is -2.55. The van der Waals surface area contributed by atoms with Crippen LogP contribution in [0.5, 0.6) is 0 Å². The van der Waals surface area contributed by atoms with Crippen molar-refractivity contribution in [2.45, 2.75) is 155 Å². The molecule has 14 nitrogen and oxygen atoms in total. The molecular weight excluding hydrogens is 624 g/mol. The van der Waals surface area contributed by atoms with Gasteiger partial charge < -0.3 is 41.0 Å². The van der Waals surface area contributed by atoms with Gasteiger partial charge in [0.05, 0.1) is 26.1 Å². The standard InChI is InChI=1S/C34H60N4O10/c1-7-9-11-13-23-17-29(41)35-25(15-21(3)4)31(43)38-28(20-40)34(46)48-24(14-12-10-8-2)18-30(42)36-27(19-39)32(44)37-26(16-22(5)6)33(45)47-23/h21-28,39-40H,7-20H2,1-6H3,(H,35,41)(H,36,42)(H,37,44)(H,38,43)/t23?,24?,25-,26-,27-,28-/m0/s1. The van der Waals surface area contributed by atoms with Gasteiger partial charge in [-0.25, -0.2) is 9.59 Å².